The Morgan fingerprint density at radius 3 is 2.64 bits per heavy atom. The second-order valence-corrected chi connectivity index (χ2v) is 8.77. The molecule has 1 aromatic heterocycles. The van der Waals surface area contributed by atoms with Crippen LogP contribution in [0.15, 0.2) is 69.9 Å². The third kappa shape index (κ3) is 6.69. The van der Waals surface area contributed by atoms with E-state index in [1.54, 1.807) is 0 Å². The first-order chi connectivity index (χ1) is 15.7. The third-order valence-electron chi connectivity index (χ3n) is 4.82. The van der Waals surface area contributed by atoms with Crippen LogP contribution in [0.5, 0.6) is 0 Å². The first-order valence-corrected chi connectivity index (χ1v) is 11.1. The van der Waals surface area contributed by atoms with Crippen LogP contribution in [0.1, 0.15) is 53.9 Å². The highest BCUT2D eigenvalue weighted by atomic mass is 79.9. The smallest absolute Gasteiger partial charge is 0.265 e. The van der Waals surface area contributed by atoms with Gasteiger partial charge in [-0.1, -0.05) is 72.3 Å². The van der Waals surface area contributed by atoms with E-state index < -0.39 is 10.8 Å². The lowest BCUT2D eigenvalue weighted by Gasteiger charge is -2.05. The van der Waals surface area contributed by atoms with E-state index in [4.69, 9.17) is 0 Å². The number of carbonyl (C=O) groups is 1. The van der Waals surface area contributed by atoms with Crippen molar-refractivity contribution in [3.05, 3.63) is 97.3 Å². The van der Waals surface area contributed by atoms with E-state index >= 15 is 0 Å². The predicted octanol–water partition coefficient (Wildman–Crippen LogP) is 5.54. The Balaban J connectivity index is 1.69. The van der Waals surface area contributed by atoms with Crippen molar-refractivity contribution in [3.8, 4) is 0 Å². The lowest BCUT2D eigenvalue weighted by atomic mass is 10.0. The van der Waals surface area contributed by atoms with Gasteiger partial charge in [0.15, 0.2) is 0 Å². The predicted molar refractivity (Wildman–Crippen MR) is 132 cm³/mol. The van der Waals surface area contributed by atoms with Gasteiger partial charge in [-0.2, -0.15) is 10.2 Å². The zero-order chi connectivity index (χ0) is 24.0. The topological polar surface area (TPSA) is 102 Å². The molecule has 0 aliphatic heterocycles. The van der Waals surface area contributed by atoms with Crippen LogP contribution in [0.25, 0.3) is 6.08 Å². The molecule has 3 aromatic rings. The Kier molecular flexibility index (Phi) is 7.89. The SMILES string of the molecule is CC(/C=N/NC(=O)c1nn(Cc2cccc(Br)c2)cc1[N+](=O)[O-])=C\c1ccc(C(C)C)cc1. The molecule has 0 unspecified atom stereocenters. The molecule has 0 saturated heterocycles. The summed E-state index contributed by atoms with van der Waals surface area (Å²) < 4.78 is 2.25. The van der Waals surface area contributed by atoms with Gasteiger partial charge >= 0.3 is 5.69 Å². The van der Waals surface area contributed by atoms with Gasteiger partial charge in [-0.3, -0.25) is 19.6 Å². The number of nitrogens with zero attached hydrogens (tertiary/aromatic N) is 4. The number of rotatable bonds is 8. The molecule has 0 atom stereocenters. The average Bonchev–Trinajstić information content (AvgIpc) is 3.18. The molecule has 9 heteroatoms. The molecule has 0 spiro atoms. The molecule has 1 amide bonds. The number of benzene rings is 2. The number of nitro groups is 1. The van der Waals surface area contributed by atoms with E-state index in [9.17, 15) is 14.9 Å². The summed E-state index contributed by atoms with van der Waals surface area (Å²) in [6.07, 6.45) is 4.65. The van der Waals surface area contributed by atoms with Crippen molar-refractivity contribution in [2.45, 2.75) is 33.2 Å². The number of hydrogen-bond donors (Lipinski definition) is 1. The summed E-state index contributed by atoms with van der Waals surface area (Å²) in [4.78, 5) is 23.3. The molecule has 170 valence electrons. The van der Waals surface area contributed by atoms with Crippen molar-refractivity contribution in [1.82, 2.24) is 15.2 Å². The number of halogens is 1. The highest BCUT2D eigenvalue weighted by molar-refractivity contribution is 9.10. The molecular formula is C24H24BrN5O3. The molecule has 0 bridgehead atoms. The van der Waals surface area contributed by atoms with Crippen LogP contribution in [0, 0.1) is 10.1 Å². The summed E-state index contributed by atoms with van der Waals surface area (Å²) >= 11 is 3.39. The average molecular weight is 510 g/mol. The van der Waals surface area contributed by atoms with Crippen molar-refractivity contribution < 1.29 is 9.72 Å². The number of carbonyl (C=O) groups excluding carboxylic acids is 1. The van der Waals surface area contributed by atoms with Crippen molar-refractivity contribution in [2.75, 3.05) is 0 Å². The summed E-state index contributed by atoms with van der Waals surface area (Å²) in [5.74, 6) is -0.289. The molecule has 0 fully saturated rings. The summed E-state index contributed by atoms with van der Waals surface area (Å²) in [5, 5.41) is 19.4. The molecule has 1 N–H and O–H groups in total. The van der Waals surface area contributed by atoms with E-state index in [0.717, 1.165) is 21.2 Å². The van der Waals surface area contributed by atoms with Gasteiger partial charge in [0.25, 0.3) is 5.91 Å². The second kappa shape index (κ2) is 10.8. The molecule has 2 aromatic carbocycles. The highest BCUT2D eigenvalue weighted by Crippen LogP contribution is 2.19. The van der Waals surface area contributed by atoms with Crippen molar-refractivity contribution in [1.29, 1.82) is 0 Å². The van der Waals surface area contributed by atoms with Gasteiger partial charge in [0, 0.05) is 4.47 Å². The largest absolute Gasteiger partial charge is 0.320 e. The maximum atomic E-state index is 12.5. The molecule has 3 rings (SSSR count). The van der Waals surface area contributed by atoms with Crippen molar-refractivity contribution in [3.63, 3.8) is 0 Å². The Bertz CT molecular complexity index is 1210. The van der Waals surface area contributed by atoms with Gasteiger partial charge in [-0.05, 0) is 47.2 Å². The zero-order valence-electron chi connectivity index (χ0n) is 18.5. The van der Waals surface area contributed by atoms with Gasteiger partial charge < -0.3 is 0 Å². The first kappa shape index (κ1) is 24.1. The molecule has 1 heterocycles. The van der Waals surface area contributed by atoms with Crippen molar-refractivity contribution in [2.24, 2.45) is 5.10 Å². The fourth-order valence-electron chi connectivity index (χ4n) is 3.13. The maximum Gasteiger partial charge on any atom is 0.320 e. The lowest BCUT2D eigenvalue weighted by molar-refractivity contribution is -0.385. The number of nitrogens with one attached hydrogen (secondary N) is 1. The van der Waals surface area contributed by atoms with Crippen LogP contribution < -0.4 is 5.43 Å². The van der Waals surface area contributed by atoms with Crippen LogP contribution in [-0.2, 0) is 6.54 Å². The molecule has 0 saturated carbocycles. The van der Waals surface area contributed by atoms with Crippen LogP contribution in [0.2, 0.25) is 0 Å². The number of aromatic nitrogens is 2. The van der Waals surface area contributed by atoms with Gasteiger partial charge in [-0.15, -0.1) is 0 Å². The Hall–Kier alpha value is -3.59. The summed E-state index contributed by atoms with van der Waals surface area (Å²) in [7, 11) is 0. The standard InChI is InChI=1S/C24H24BrN5O3/c1-16(2)20-9-7-18(8-10-20)11-17(3)13-26-27-24(31)23-22(30(32)33)15-29(28-23)14-19-5-4-6-21(25)12-19/h4-13,15-16H,14H2,1-3H3,(H,27,31)/b17-11+,26-13+. The minimum atomic E-state index is -0.750. The van der Waals surface area contributed by atoms with Crippen LogP contribution in [-0.4, -0.2) is 26.8 Å². The van der Waals surface area contributed by atoms with E-state index in [1.165, 1.54) is 22.7 Å². The van der Waals surface area contributed by atoms with Crippen LogP contribution in [0.3, 0.4) is 0 Å². The molecule has 33 heavy (non-hydrogen) atoms. The Morgan fingerprint density at radius 1 is 1.27 bits per heavy atom. The first-order valence-electron chi connectivity index (χ1n) is 10.3. The Labute approximate surface area is 200 Å². The van der Waals surface area contributed by atoms with E-state index in [-0.39, 0.29) is 17.9 Å². The normalized spacial score (nSPS) is 11.8. The third-order valence-corrected chi connectivity index (χ3v) is 5.31. The number of amides is 1. The van der Waals surface area contributed by atoms with E-state index in [1.807, 2.05) is 49.4 Å². The number of hydrogen-bond acceptors (Lipinski definition) is 5. The van der Waals surface area contributed by atoms with Gasteiger partial charge in [-0.25, -0.2) is 5.43 Å². The van der Waals surface area contributed by atoms with Crippen molar-refractivity contribution >= 4 is 39.8 Å². The van der Waals surface area contributed by atoms with Gasteiger partial charge in [0.1, 0.15) is 6.20 Å². The van der Waals surface area contributed by atoms with E-state index in [0.29, 0.717) is 5.92 Å². The lowest BCUT2D eigenvalue weighted by Crippen LogP contribution is -2.19. The molecule has 0 radical (unpaired) electrons. The molecule has 8 nitrogen and oxygen atoms in total. The number of hydrazone groups is 1. The fraction of sp³-hybridized carbons (Fsp3) is 0.208. The molecular weight excluding hydrogens is 486 g/mol. The monoisotopic (exact) mass is 509 g/mol. The molecule has 0 aliphatic carbocycles. The fourth-order valence-corrected chi connectivity index (χ4v) is 3.58. The maximum absolute atomic E-state index is 12.5. The van der Waals surface area contributed by atoms with Crippen LogP contribution in [0.4, 0.5) is 5.69 Å². The zero-order valence-corrected chi connectivity index (χ0v) is 20.1. The summed E-state index contributed by atoms with van der Waals surface area (Å²) in [5.41, 5.74) is 5.61. The Morgan fingerprint density at radius 2 is 2.00 bits per heavy atom. The van der Waals surface area contributed by atoms with Gasteiger partial charge in [0.05, 0.1) is 17.7 Å². The summed E-state index contributed by atoms with van der Waals surface area (Å²) in [6, 6.07) is 15.7. The quantitative estimate of drug-likeness (QED) is 0.244. The second-order valence-electron chi connectivity index (χ2n) is 7.86. The highest BCUT2D eigenvalue weighted by Gasteiger charge is 2.25. The van der Waals surface area contributed by atoms with E-state index in [2.05, 4.69) is 57.5 Å². The number of allylic oxidation sites excluding steroid dienone is 1. The van der Waals surface area contributed by atoms with Gasteiger partial charge in [0.2, 0.25) is 5.69 Å². The minimum absolute atomic E-state index is 0.286. The minimum Gasteiger partial charge on any atom is -0.265 e. The van der Waals surface area contributed by atoms with Crippen LogP contribution >= 0.6 is 15.9 Å². The summed E-state index contributed by atoms with van der Waals surface area (Å²) in [6.45, 7) is 6.41. The molecule has 0 aliphatic rings.